The fourth-order valence-corrected chi connectivity index (χ4v) is 3.57. The van der Waals surface area contributed by atoms with Crippen LogP contribution in [0.4, 0.5) is 0 Å². The van der Waals surface area contributed by atoms with E-state index in [1.165, 1.54) is 15.0 Å². The summed E-state index contributed by atoms with van der Waals surface area (Å²) >= 11 is 8.82. The molecule has 2 rings (SSSR count). The quantitative estimate of drug-likeness (QED) is 0.785. The van der Waals surface area contributed by atoms with Crippen LogP contribution in [0, 0.1) is 6.92 Å². The van der Waals surface area contributed by atoms with Crippen LogP contribution in [0.15, 0.2) is 19.7 Å². The number of aryl methyl sites for hydroxylation is 2. The van der Waals surface area contributed by atoms with E-state index in [4.69, 9.17) is 0 Å². The lowest BCUT2D eigenvalue weighted by Gasteiger charge is -2.16. The highest BCUT2D eigenvalue weighted by Gasteiger charge is 2.13. The van der Waals surface area contributed by atoms with Gasteiger partial charge in [0.15, 0.2) is 0 Å². The first kappa shape index (κ1) is 14.2. The molecular formula is C12H15Br2N3S. The van der Waals surface area contributed by atoms with Crippen molar-refractivity contribution in [2.24, 2.45) is 7.05 Å². The molecule has 0 saturated heterocycles. The SMILES string of the molecule is Cc1nn(C)c(CN(C)Cc2csc(Br)c2)c1Br. The Kier molecular flexibility index (Phi) is 4.64. The Morgan fingerprint density at radius 1 is 1.39 bits per heavy atom. The van der Waals surface area contributed by atoms with Gasteiger partial charge in [0.25, 0.3) is 0 Å². The van der Waals surface area contributed by atoms with Gasteiger partial charge in [0.05, 0.1) is 19.6 Å². The van der Waals surface area contributed by atoms with E-state index < -0.39 is 0 Å². The third-order valence-corrected chi connectivity index (χ3v) is 5.34. The molecule has 0 fully saturated rings. The van der Waals surface area contributed by atoms with Crippen molar-refractivity contribution in [2.45, 2.75) is 20.0 Å². The maximum absolute atomic E-state index is 4.41. The minimum Gasteiger partial charge on any atom is -0.296 e. The number of halogens is 2. The van der Waals surface area contributed by atoms with Crippen LogP contribution in [0.5, 0.6) is 0 Å². The minimum absolute atomic E-state index is 0.880. The summed E-state index contributed by atoms with van der Waals surface area (Å²) in [4.78, 5) is 2.29. The maximum atomic E-state index is 4.41. The predicted octanol–water partition coefficient (Wildman–Crippen LogP) is 3.95. The topological polar surface area (TPSA) is 21.1 Å². The third-order valence-electron chi connectivity index (χ3n) is 2.76. The van der Waals surface area contributed by atoms with Crippen molar-refractivity contribution < 1.29 is 0 Å². The summed E-state index contributed by atoms with van der Waals surface area (Å²) in [5.74, 6) is 0. The van der Waals surface area contributed by atoms with Gasteiger partial charge in [0.2, 0.25) is 0 Å². The molecule has 0 amide bonds. The summed E-state index contributed by atoms with van der Waals surface area (Å²) in [6.07, 6.45) is 0. The summed E-state index contributed by atoms with van der Waals surface area (Å²) in [5.41, 5.74) is 3.59. The van der Waals surface area contributed by atoms with Gasteiger partial charge in [-0.15, -0.1) is 11.3 Å². The highest BCUT2D eigenvalue weighted by atomic mass is 79.9. The van der Waals surface area contributed by atoms with Crippen molar-refractivity contribution in [3.05, 3.63) is 36.7 Å². The molecule has 0 aliphatic rings. The molecule has 0 atom stereocenters. The maximum Gasteiger partial charge on any atom is 0.0739 e. The largest absolute Gasteiger partial charge is 0.296 e. The van der Waals surface area contributed by atoms with E-state index in [0.29, 0.717) is 0 Å². The fraction of sp³-hybridized carbons (Fsp3) is 0.417. The predicted molar refractivity (Wildman–Crippen MR) is 82.8 cm³/mol. The van der Waals surface area contributed by atoms with Gasteiger partial charge >= 0.3 is 0 Å². The normalized spacial score (nSPS) is 11.4. The third kappa shape index (κ3) is 3.23. The van der Waals surface area contributed by atoms with Gasteiger partial charge in [-0.25, -0.2) is 0 Å². The zero-order chi connectivity index (χ0) is 13.3. The highest BCUT2D eigenvalue weighted by molar-refractivity contribution is 9.11. The lowest BCUT2D eigenvalue weighted by molar-refractivity contribution is 0.309. The zero-order valence-electron chi connectivity index (χ0n) is 10.6. The molecular weight excluding hydrogens is 378 g/mol. The molecule has 0 spiro atoms. The van der Waals surface area contributed by atoms with Crippen LogP contribution in [-0.4, -0.2) is 21.7 Å². The van der Waals surface area contributed by atoms with Gasteiger partial charge in [-0.1, -0.05) is 0 Å². The molecule has 0 saturated carbocycles. The fourth-order valence-electron chi connectivity index (χ4n) is 1.90. The summed E-state index contributed by atoms with van der Waals surface area (Å²) in [6, 6.07) is 2.17. The van der Waals surface area contributed by atoms with Crippen molar-refractivity contribution in [3.63, 3.8) is 0 Å². The molecule has 98 valence electrons. The van der Waals surface area contributed by atoms with Crippen molar-refractivity contribution in [3.8, 4) is 0 Å². The second kappa shape index (κ2) is 5.86. The van der Waals surface area contributed by atoms with E-state index in [9.17, 15) is 0 Å². The monoisotopic (exact) mass is 391 g/mol. The number of hydrogen-bond donors (Lipinski definition) is 0. The number of aromatic nitrogens is 2. The second-order valence-corrected chi connectivity index (χ2v) is 7.48. The first-order valence-corrected chi connectivity index (χ1v) is 8.03. The molecule has 0 unspecified atom stereocenters. The zero-order valence-corrected chi connectivity index (χ0v) is 14.6. The first-order valence-electron chi connectivity index (χ1n) is 5.57. The van der Waals surface area contributed by atoms with Gasteiger partial charge in [-0.2, -0.15) is 5.10 Å². The molecule has 0 N–H and O–H groups in total. The van der Waals surface area contributed by atoms with Gasteiger partial charge < -0.3 is 0 Å². The van der Waals surface area contributed by atoms with Gasteiger partial charge in [-0.3, -0.25) is 9.58 Å². The Bertz CT molecular complexity index is 548. The van der Waals surface area contributed by atoms with E-state index in [-0.39, 0.29) is 0 Å². The molecule has 0 radical (unpaired) electrons. The van der Waals surface area contributed by atoms with Gasteiger partial charge in [0, 0.05) is 20.1 Å². The van der Waals surface area contributed by atoms with Crippen LogP contribution in [0.25, 0.3) is 0 Å². The number of hydrogen-bond acceptors (Lipinski definition) is 3. The molecule has 2 aromatic rings. The minimum atomic E-state index is 0.880. The van der Waals surface area contributed by atoms with Gasteiger partial charge in [-0.05, 0) is 62.8 Å². The Hall–Kier alpha value is -0.170. The van der Waals surface area contributed by atoms with Gasteiger partial charge in [0.1, 0.15) is 0 Å². The smallest absolute Gasteiger partial charge is 0.0739 e. The molecule has 18 heavy (non-hydrogen) atoms. The van der Waals surface area contributed by atoms with Crippen molar-refractivity contribution in [1.82, 2.24) is 14.7 Å². The molecule has 0 aromatic carbocycles. The molecule has 0 aliphatic carbocycles. The molecule has 0 aliphatic heterocycles. The molecule has 2 heterocycles. The van der Waals surface area contributed by atoms with Crippen LogP contribution in [0.3, 0.4) is 0 Å². The van der Waals surface area contributed by atoms with Crippen LogP contribution >= 0.6 is 43.2 Å². The number of nitrogens with zero attached hydrogens (tertiary/aromatic N) is 3. The molecule has 2 aromatic heterocycles. The van der Waals surface area contributed by atoms with Crippen molar-refractivity contribution >= 4 is 43.2 Å². The molecule has 6 heteroatoms. The molecule has 0 bridgehead atoms. The van der Waals surface area contributed by atoms with E-state index in [1.54, 1.807) is 11.3 Å². The lowest BCUT2D eigenvalue weighted by atomic mass is 10.3. The number of thiophene rings is 1. The average molecular weight is 393 g/mol. The highest BCUT2D eigenvalue weighted by Crippen LogP contribution is 2.24. The van der Waals surface area contributed by atoms with Crippen LogP contribution < -0.4 is 0 Å². The van der Waals surface area contributed by atoms with Crippen molar-refractivity contribution in [2.75, 3.05) is 7.05 Å². The van der Waals surface area contributed by atoms with Crippen LogP contribution in [0.2, 0.25) is 0 Å². The summed E-state index contributed by atoms with van der Waals surface area (Å²) in [7, 11) is 4.11. The Morgan fingerprint density at radius 3 is 2.61 bits per heavy atom. The Balaban J connectivity index is 2.05. The summed E-state index contributed by atoms with van der Waals surface area (Å²) in [6.45, 7) is 3.84. The van der Waals surface area contributed by atoms with E-state index >= 15 is 0 Å². The lowest BCUT2D eigenvalue weighted by Crippen LogP contribution is -2.19. The van der Waals surface area contributed by atoms with Crippen LogP contribution in [-0.2, 0) is 20.1 Å². The Morgan fingerprint density at radius 2 is 2.11 bits per heavy atom. The Labute approximate surface area is 128 Å². The van der Waals surface area contributed by atoms with Crippen molar-refractivity contribution in [1.29, 1.82) is 0 Å². The van der Waals surface area contributed by atoms with E-state index in [0.717, 1.165) is 23.3 Å². The second-order valence-electron chi connectivity index (χ2n) is 4.40. The summed E-state index contributed by atoms with van der Waals surface area (Å²) in [5, 5.41) is 6.60. The van der Waals surface area contributed by atoms with E-state index in [1.807, 2.05) is 18.7 Å². The number of rotatable bonds is 4. The average Bonchev–Trinajstić information content (AvgIpc) is 2.78. The first-order chi connectivity index (χ1) is 8.47. The summed E-state index contributed by atoms with van der Waals surface area (Å²) < 4.78 is 4.24. The molecule has 3 nitrogen and oxygen atoms in total. The standard InChI is InChI=1S/C12H15Br2N3S/c1-8-12(14)10(17(3)15-8)6-16(2)5-9-4-11(13)18-7-9/h4,7H,5-6H2,1-3H3. The van der Waals surface area contributed by atoms with Crippen LogP contribution in [0.1, 0.15) is 17.0 Å². The van der Waals surface area contributed by atoms with E-state index in [2.05, 4.69) is 60.4 Å².